The highest BCUT2D eigenvalue weighted by molar-refractivity contribution is 9.25. The summed E-state index contributed by atoms with van der Waals surface area (Å²) in [6.45, 7) is 3.94. The van der Waals surface area contributed by atoms with Gasteiger partial charge in [0, 0.05) is 0 Å². The summed E-state index contributed by atoms with van der Waals surface area (Å²) in [7, 11) is 0. The SMILES string of the molecule is CC(C)CC(Br)(Br)C(=O)O. The third-order valence-corrected chi connectivity index (χ3v) is 2.30. The molecule has 0 aromatic heterocycles. The molecule has 0 amide bonds. The van der Waals surface area contributed by atoms with Crippen LogP contribution in [-0.2, 0) is 4.79 Å². The van der Waals surface area contributed by atoms with E-state index in [-0.39, 0.29) is 0 Å². The number of carboxylic acids is 1. The maximum absolute atomic E-state index is 10.5. The average Bonchev–Trinajstić information content (AvgIpc) is 1.60. The third-order valence-electron chi connectivity index (χ3n) is 0.978. The zero-order valence-electron chi connectivity index (χ0n) is 5.90. The number of hydrogen-bond donors (Lipinski definition) is 1. The minimum absolute atomic E-state index is 0.356. The van der Waals surface area contributed by atoms with Gasteiger partial charge in [-0.2, -0.15) is 0 Å². The maximum Gasteiger partial charge on any atom is 0.331 e. The Labute approximate surface area is 77.3 Å². The van der Waals surface area contributed by atoms with Crippen molar-refractivity contribution in [3.8, 4) is 0 Å². The van der Waals surface area contributed by atoms with Crippen molar-refractivity contribution in [2.75, 3.05) is 0 Å². The maximum atomic E-state index is 10.5. The highest BCUT2D eigenvalue weighted by Gasteiger charge is 2.32. The predicted octanol–water partition coefficient (Wildman–Crippen LogP) is 2.60. The Bertz CT molecular complexity index is 132. The average molecular weight is 274 g/mol. The molecular weight excluding hydrogens is 264 g/mol. The van der Waals surface area contributed by atoms with Crippen LogP contribution >= 0.6 is 31.9 Å². The van der Waals surface area contributed by atoms with Gasteiger partial charge in [0.05, 0.1) is 0 Å². The van der Waals surface area contributed by atoms with Crippen LogP contribution in [0.15, 0.2) is 0 Å². The minimum atomic E-state index is -0.936. The molecule has 2 nitrogen and oxygen atoms in total. The Morgan fingerprint density at radius 2 is 2.00 bits per heavy atom. The molecule has 0 aliphatic heterocycles. The number of rotatable bonds is 3. The van der Waals surface area contributed by atoms with Gasteiger partial charge in [-0.3, -0.25) is 0 Å². The zero-order chi connectivity index (χ0) is 8.36. The van der Waals surface area contributed by atoms with Crippen molar-refractivity contribution in [3.63, 3.8) is 0 Å². The van der Waals surface area contributed by atoms with E-state index in [1.54, 1.807) is 0 Å². The fourth-order valence-corrected chi connectivity index (χ4v) is 1.90. The summed E-state index contributed by atoms with van der Waals surface area (Å²) in [5, 5.41) is 8.60. The number of alkyl halides is 2. The van der Waals surface area contributed by atoms with E-state index in [2.05, 4.69) is 31.9 Å². The molecule has 60 valence electrons. The monoisotopic (exact) mass is 272 g/mol. The van der Waals surface area contributed by atoms with Crippen molar-refractivity contribution >= 4 is 37.8 Å². The van der Waals surface area contributed by atoms with Crippen LogP contribution in [0, 0.1) is 5.92 Å². The molecule has 0 aliphatic carbocycles. The first-order valence-electron chi connectivity index (χ1n) is 2.97. The van der Waals surface area contributed by atoms with Crippen LogP contribution in [0.4, 0.5) is 0 Å². The molecule has 0 spiro atoms. The smallest absolute Gasteiger partial charge is 0.331 e. The number of carbonyl (C=O) groups is 1. The van der Waals surface area contributed by atoms with Crippen LogP contribution in [-0.4, -0.2) is 14.3 Å². The lowest BCUT2D eigenvalue weighted by Gasteiger charge is -2.16. The molecule has 0 fully saturated rings. The highest BCUT2D eigenvalue weighted by Crippen LogP contribution is 2.33. The number of carboxylic acid groups (broad SMARTS) is 1. The van der Waals surface area contributed by atoms with Crippen molar-refractivity contribution in [2.24, 2.45) is 5.92 Å². The lowest BCUT2D eigenvalue weighted by molar-refractivity contribution is -0.137. The van der Waals surface area contributed by atoms with Gasteiger partial charge in [0.15, 0.2) is 3.23 Å². The number of hydrogen-bond acceptors (Lipinski definition) is 1. The molecule has 10 heavy (non-hydrogen) atoms. The van der Waals surface area contributed by atoms with Crippen LogP contribution in [0.1, 0.15) is 20.3 Å². The Morgan fingerprint density at radius 1 is 1.60 bits per heavy atom. The molecule has 0 radical (unpaired) electrons. The second-order valence-electron chi connectivity index (χ2n) is 2.61. The number of aliphatic carboxylic acids is 1. The largest absolute Gasteiger partial charge is 0.480 e. The summed E-state index contributed by atoms with van der Waals surface area (Å²) in [5.74, 6) is -0.518. The first-order valence-corrected chi connectivity index (χ1v) is 4.56. The molecular formula is C6H10Br2O2. The van der Waals surface area contributed by atoms with Crippen molar-refractivity contribution in [1.29, 1.82) is 0 Å². The van der Waals surface area contributed by atoms with Crippen LogP contribution in [0.2, 0.25) is 0 Å². The van der Waals surface area contributed by atoms with E-state index in [1.165, 1.54) is 0 Å². The lowest BCUT2D eigenvalue weighted by atomic mass is 10.1. The molecule has 0 heterocycles. The van der Waals surface area contributed by atoms with Gasteiger partial charge in [0.1, 0.15) is 0 Å². The molecule has 0 unspecified atom stereocenters. The van der Waals surface area contributed by atoms with Crippen LogP contribution in [0.25, 0.3) is 0 Å². The first-order chi connectivity index (χ1) is 4.36. The molecule has 0 aliphatic rings. The van der Waals surface area contributed by atoms with Crippen molar-refractivity contribution in [3.05, 3.63) is 0 Å². The summed E-state index contributed by atoms with van der Waals surface area (Å²) in [4.78, 5) is 10.5. The second kappa shape index (κ2) is 3.72. The van der Waals surface area contributed by atoms with E-state index >= 15 is 0 Å². The molecule has 0 aromatic rings. The summed E-state index contributed by atoms with van der Waals surface area (Å²) in [6, 6.07) is 0. The van der Waals surface area contributed by atoms with E-state index in [4.69, 9.17) is 5.11 Å². The van der Waals surface area contributed by atoms with Gasteiger partial charge >= 0.3 is 5.97 Å². The third kappa shape index (κ3) is 3.56. The Balaban J connectivity index is 4.00. The topological polar surface area (TPSA) is 37.3 Å². The molecule has 0 saturated heterocycles. The van der Waals surface area contributed by atoms with Gasteiger partial charge in [-0.15, -0.1) is 0 Å². The standard InChI is InChI=1S/C6H10Br2O2/c1-4(2)3-6(7,8)5(9)10/h4H,3H2,1-2H3,(H,9,10). The van der Waals surface area contributed by atoms with E-state index in [9.17, 15) is 4.79 Å². The van der Waals surface area contributed by atoms with Crippen molar-refractivity contribution < 1.29 is 9.90 Å². The van der Waals surface area contributed by atoms with E-state index in [1.807, 2.05) is 13.8 Å². The van der Waals surface area contributed by atoms with Crippen molar-refractivity contribution in [1.82, 2.24) is 0 Å². The summed E-state index contributed by atoms with van der Waals surface area (Å²) < 4.78 is -0.936. The molecule has 0 aromatic carbocycles. The van der Waals surface area contributed by atoms with Gasteiger partial charge < -0.3 is 5.11 Å². The molecule has 0 saturated carbocycles. The Morgan fingerprint density at radius 3 is 2.10 bits per heavy atom. The first kappa shape index (κ1) is 10.4. The summed E-state index contributed by atoms with van der Waals surface area (Å²) in [6.07, 6.45) is 0.572. The Hall–Kier alpha value is 0.430. The normalized spacial score (nSPS) is 12.1. The van der Waals surface area contributed by atoms with Crippen LogP contribution < -0.4 is 0 Å². The highest BCUT2D eigenvalue weighted by atomic mass is 79.9. The fourth-order valence-electron chi connectivity index (χ4n) is 0.600. The molecule has 0 atom stereocenters. The van der Waals surface area contributed by atoms with Gasteiger partial charge in [-0.05, 0) is 12.3 Å². The zero-order valence-corrected chi connectivity index (χ0v) is 9.07. The van der Waals surface area contributed by atoms with Gasteiger partial charge in [0.2, 0.25) is 0 Å². The molecule has 1 N–H and O–H groups in total. The van der Waals surface area contributed by atoms with E-state index in [0.717, 1.165) is 0 Å². The van der Waals surface area contributed by atoms with E-state index < -0.39 is 9.20 Å². The molecule has 0 bridgehead atoms. The minimum Gasteiger partial charge on any atom is -0.480 e. The molecule has 0 rings (SSSR count). The van der Waals surface area contributed by atoms with Crippen molar-refractivity contribution in [2.45, 2.75) is 23.5 Å². The summed E-state index contributed by atoms with van der Waals surface area (Å²) >= 11 is 6.13. The number of halogens is 2. The van der Waals surface area contributed by atoms with Gasteiger partial charge in [0.25, 0.3) is 0 Å². The lowest BCUT2D eigenvalue weighted by Crippen LogP contribution is -2.25. The van der Waals surface area contributed by atoms with E-state index in [0.29, 0.717) is 12.3 Å². The molecule has 4 heteroatoms. The van der Waals surface area contributed by atoms with Gasteiger partial charge in [-0.1, -0.05) is 45.7 Å². The Kier molecular flexibility index (Phi) is 3.88. The quantitative estimate of drug-likeness (QED) is 0.803. The second-order valence-corrected chi connectivity index (χ2v) is 6.38. The summed E-state index contributed by atoms with van der Waals surface area (Å²) in [5.41, 5.74) is 0. The van der Waals surface area contributed by atoms with Gasteiger partial charge in [-0.25, -0.2) is 4.79 Å². The predicted molar refractivity (Wildman–Crippen MR) is 47.7 cm³/mol. The van der Waals surface area contributed by atoms with Crippen LogP contribution in [0.5, 0.6) is 0 Å². The fraction of sp³-hybridized carbons (Fsp3) is 0.833. The van der Waals surface area contributed by atoms with Crippen LogP contribution in [0.3, 0.4) is 0 Å².